The van der Waals surface area contributed by atoms with Crippen molar-refractivity contribution < 1.29 is 9.13 Å². The van der Waals surface area contributed by atoms with Crippen LogP contribution in [0.25, 0.3) is 0 Å². The van der Waals surface area contributed by atoms with E-state index in [0.717, 1.165) is 43.3 Å². The molecular formula is C20H21FN6O. The van der Waals surface area contributed by atoms with E-state index in [1.165, 1.54) is 12.1 Å². The fraction of sp³-hybridized carbons (Fsp3) is 0.250. The van der Waals surface area contributed by atoms with Gasteiger partial charge in [0, 0.05) is 31.9 Å². The molecule has 7 nitrogen and oxygen atoms in total. The molecule has 0 amide bonds. The molecule has 144 valence electrons. The predicted molar refractivity (Wildman–Crippen MR) is 107 cm³/mol. The van der Waals surface area contributed by atoms with Crippen LogP contribution in [-0.4, -0.2) is 48.5 Å². The molecule has 8 heteroatoms. The maximum Gasteiger partial charge on any atom is 0.247 e. The molecular weight excluding hydrogens is 359 g/mol. The first-order valence-corrected chi connectivity index (χ1v) is 9.08. The van der Waals surface area contributed by atoms with E-state index in [2.05, 4.69) is 30.3 Å². The van der Waals surface area contributed by atoms with E-state index in [1.54, 1.807) is 25.4 Å². The molecule has 0 radical (unpaired) electrons. The monoisotopic (exact) mass is 380 g/mol. The summed E-state index contributed by atoms with van der Waals surface area (Å²) in [6.45, 7) is 3.13. The molecule has 0 spiro atoms. The van der Waals surface area contributed by atoms with Crippen molar-refractivity contribution in [1.29, 1.82) is 0 Å². The number of methoxy groups -OCH3 is 1. The maximum absolute atomic E-state index is 13.1. The van der Waals surface area contributed by atoms with Crippen LogP contribution in [0.2, 0.25) is 0 Å². The molecule has 0 atom stereocenters. The van der Waals surface area contributed by atoms with Crippen molar-refractivity contribution in [3.05, 3.63) is 60.5 Å². The first kappa shape index (κ1) is 18.0. The molecule has 1 aromatic heterocycles. The SMILES string of the molecule is COc1ccccc1Nc1cnnc(N2CCN(c3ccc(F)cc3)CC2)n1. The third-order valence-electron chi connectivity index (χ3n) is 4.67. The number of aromatic nitrogens is 3. The predicted octanol–water partition coefficient (Wildman–Crippen LogP) is 3.09. The van der Waals surface area contributed by atoms with Gasteiger partial charge in [0.15, 0.2) is 5.82 Å². The summed E-state index contributed by atoms with van der Waals surface area (Å²) in [7, 11) is 1.63. The molecule has 1 N–H and O–H groups in total. The Balaban J connectivity index is 1.43. The van der Waals surface area contributed by atoms with Crippen LogP contribution in [0.4, 0.5) is 27.5 Å². The highest BCUT2D eigenvalue weighted by atomic mass is 19.1. The van der Waals surface area contributed by atoms with Crippen molar-refractivity contribution in [2.24, 2.45) is 0 Å². The lowest BCUT2D eigenvalue weighted by molar-refractivity contribution is 0.417. The van der Waals surface area contributed by atoms with E-state index in [4.69, 9.17) is 4.74 Å². The van der Waals surface area contributed by atoms with E-state index < -0.39 is 0 Å². The lowest BCUT2D eigenvalue weighted by atomic mass is 10.2. The summed E-state index contributed by atoms with van der Waals surface area (Å²) in [6, 6.07) is 14.2. The summed E-state index contributed by atoms with van der Waals surface area (Å²) >= 11 is 0. The van der Waals surface area contributed by atoms with Gasteiger partial charge in [0.1, 0.15) is 11.6 Å². The van der Waals surface area contributed by atoms with Crippen LogP contribution >= 0.6 is 0 Å². The van der Waals surface area contributed by atoms with Crippen LogP contribution < -0.4 is 19.9 Å². The van der Waals surface area contributed by atoms with Gasteiger partial charge in [0.2, 0.25) is 5.95 Å². The van der Waals surface area contributed by atoms with Gasteiger partial charge in [0.25, 0.3) is 0 Å². The normalized spacial score (nSPS) is 14.1. The van der Waals surface area contributed by atoms with Gasteiger partial charge in [0.05, 0.1) is 19.0 Å². The molecule has 0 bridgehead atoms. The van der Waals surface area contributed by atoms with Gasteiger partial charge in [-0.1, -0.05) is 12.1 Å². The van der Waals surface area contributed by atoms with Gasteiger partial charge < -0.3 is 19.9 Å². The van der Waals surface area contributed by atoms with Crippen LogP contribution in [0.3, 0.4) is 0 Å². The number of halogens is 1. The first-order chi connectivity index (χ1) is 13.7. The fourth-order valence-corrected chi connectivity index (χ4v) is 3.19. The summed E-state index contributed by atoms with van der Waals surface area (Å²) in [5.74, 6) is 1.70. The van der Waals surface area contributed by atoms with Crippen molar-refractivity contribution >= 4 is 23.1 Å². The number of ether oxygens (including phenoxy) is 1. The van der Waals surface area contributed by atoms with Gasteiger partial charge >= 0.3 is 0 Å². The van der Waals surface area contributed by atoms with Crippen molar-refractivity contribution in [1.82, 2.24) is 15.2 Å². The molecule has 0 unspecified atom stereocenters. The lowest BCUT2D eigenvalue weighted by Gasteiger charge is -2.35. The van der Waals surface area contributed by atoms with E-state index >= 15 is 0 Å². The van der Waals surface area contributed by atoms with Gasteiger partial charge in [-0.3, -0.25) is 0 Å². The van der Waals surface area contributed by atoms with Crippen LogP contribution in [0.15, 0.2) is 54.7 Å². The Bertz CT molecular complexity index is 928. The smallest absolute Gasteiger partial charge is 0.247 e. The Kier molecular flexibility index (Phi) is 5.18. The molecule has 1 aliphatic rings. The second kappa shape index (κ2) is 8.08. The average Bonchev–Trinajstić information content (AvgIpc) is 2.75. The van der Waals surface area contributed by atoms with E-state index in [1.807, 2.05) is 24.3 Å². The molecule has 2 aromatic carbocycles. The maximum atomic E-state index is 13.1. The van der Waals surface area contributed by atoms with Crippen molar-refractivity contribution in [2.45, 2.75) is 0 Å². The number of nitrogens with one attached hydrogen (secondary N) is 1. The van der Waals surface area contributed by atoms with Crippen LogP contribution in [0.5, 0.6) is 5.75 Å². The molecule has 1 fully saturated rings. The summed E-state index contributed by atoms with van der Waals surface area (Å²) in [5.41, 5.74) is 1.84. The molecule has 1 saturated heterocycles. The third kappa shape index (κ3) is 3.95. The zero-order valence-electron chi connectivity index (χ0n) is 15.5. The fourth-order valence-electron chi connectivity index (χ4n) is 3.19. The Morgan fingerprint density at radius 3 is 2.43 bits per heavy atom. The number of hydrogen-bond acceptors (Lipinski definition) is 7. The quantitative estimate of drug-likeness (QED) is 0.730. The van der Waals surface area contributed by atoms with E-state index in [0.29, 0.717) is 11.8 Å². The molecule has 1 aliphatic heterocycles. The van der Waals surface area contributed by atoms with Crippen molar-refractivity contribution in [2.75, 3.05) is 48.4 Å². The Morgan fingerprint density at radius 2 is 1.68 bits per heavy atom. The van der Waals surface area contributed by atoms with Gasteiger partial charge in [-0.15, -0.1) is 5.10 Å². The highest BCUT2D eigenvalue weighted by molar-refractivity contribution is 5.64. The number of nitrogens with zero attached hydrogens (tertiary/aromatic N) is 5. The highest BCUT2D eigenvalue weighted by Crippen LogP contribution is 2.26. The summed E-state index contributed by atoms with van der Waals surface area (Å²) < 4.78 is 18.5. The minimum atomic E-state index is -0.221. The van der Waals surface area contributed by atoms with Crippen molar-refractivity contribution in [3.63, 3.8) is 0 Å². The highest BCUT2D eigenvalue weighted by Gasteiger charge is 2.20. The van der Waals surface area contributed by atoms with E-state index in [-0.39, 0.29) is 5.82 Å². The molecule has 4 rings (SSSR count). The average molecular weight is 380 g/mol. The second-order valence-corrected chi connectivity index (χ2v) is 6.42. The van der Waals surface area contributed by atoms with Crippen LogP contribution in [0.1, 0.15) is 0 Å². The minimum absolute atomic E-state index is 0.221. The van der Waals surface area contributed by atoms with Gasteiger partial charge in [-0.05, 0) is 36.4 Å². The topological polar surface area (TPSA) is 66.4 Å². The number of rotatable bonds is 5. The third-order valence-corrected chi connectivity index (χ3v) is 4.67. The molecule has 2 heterocycles. The number of anilines is 4. The van der Waals surface area contributed by atoms with Crippen LogP contribution in [0, 0.1) is 5.82 Å². The number of benzene rings is 2. The number of para-hydroxylation sites is 2. The molecule has 0 aliphatic carbocycles. The van der Waals surface area contributed by atoms with Gasteiger partial charge in [-0.25, -0.2) is 4.39 Å². The lowest BCUT2D eigenvalue weighted by Crippen LogP contribution is -2.47. The second-order valence-electron chi connectivity index (χ2n) is 6.42. The number of piperazine rings is 1. The molecule has 3 aromatic rings. The summed E-state index contributed by atoms with van der Waals surface area (Å²) in [5, 5.41) is 11.5. The zero-order valence-corrected chi connectivity index (χ0v) is 15.5. The Labute approximate surface area is 162 Å². The van der Waals surface area contributed by atoms with Crippen LogP contribution in [-0.2, 0) is 0 Å². The summed E-state index contributed by atoms with van der Waals surface area (Å²) in [4.78, 5) is 8.91. The molecule has 28 heavy (non-hydrogen) atoms. The zero-order chi connectivity index (χ0) is 19.3. The Morgan fingerprint density at radius 1 is 0.964 bits per heavy atom. The summed E-state index contributed by atoms with van der Waals surface area (Å²) in [6.07, 6.45) is 1.59. The standard InChI is InChI=1S/C20H21FN6O/c1-28-18-5-3-2-4-17(18)23-19-14-22-25-20(24-19)27-12-10-26(11-13-27)16-8-6-15(21)7-9-16/h2-9,14H,10-13H2,1H3,(H,23,24,25). The Hall–Kier alpha value is -3.42. The largest absolute Gasteiger partial charge is 0.495 e. The van der Waals surface area contributed by atoms with Gasteiger partial charge in [-0.2, -0.15) is 10.1 Å². The number of hydrogen-bond donors (Lipinski definition) is 1. The van der Waals surface area contributed by atoms with E-state index in [9.17, 15) is 4.39 Å². The van der Waals surface area contributed by atoms with Crippen molar-refractivity contribution in [3.8, 4) is 5.75 Å². The first-order valence-electron chi connectivity index (χ1n) is 9.08. The molecule has 0 saturated carbocycles. The minimum Gasteiger partial charge on any atom is -0.495 e.